The minimum absolute atomic E-state index is 0.0486. The summed E-state index contributed by atoms with van der Waals surface area (Å²) in [5, 5.41) is 22.4. The van der Waals surface area contributed by atoms with Gasteiger partial charge in [-0.15, -0.1) is 0 Å². The Balaban J connectivity index is 2.43. The van der Waals surface area contributed by atoms with Crippen LogP contribution in [0.3, 0.4) is 0 Å². The molecule has 37 heavy (non-hydrogen) atoms. The van der Waals surface area contributed by atoms with Crippen molar-refractivity contribution in [3.8, 4) is 0 Å². The highest BCUT2D eigenvalue weighted by molar-refractivity contribution is 5.96. The largest absolute Gasteiger partial charge is 0.461 e. The molecule has 0 amide bonds. The summed E-state index contributed by atoms with van der Waals surface area (Å²) in [6.45, 7) is 15.1. The van der Waals surface area contributed by atoms with E-state index in [1.165, 1.54) is 0 Å². The maximum absolute atomic E-state index is 13.2. The molecule has 2 N–H and O–H groups in total. The van der Waals surface area contributed by atoms with Crippen LogP contribution in [0.2, 0.25) is 0 Å². The van der Waals surface area contributed by atoms with Crippen molar-refractivity contribution in [2.45, 2.75) is 118 Å². The van der Waals surface area contributed by atoms with Crippen molar-refractivity contribution in [2.75, 3.05) is 14.1 Å². The monoisotopic (exact) mass is 525 g/mol. The molecule has 2 aliphatic rings. The summed E-state index contributed by atoms with van der Waals surface area (Å²) in [7, 11) is 3.83. The Bertz CT molecular complexity index is 799. The summed E-state index contributed by atoms with van der Waals surface area (Å²) in [6.07, 6.45) is -0.193. The number of aliphatic hydroxyl groups excluding tert-OH is 2. The predicted octanol–water partition coefficient (Wildman–Crippen LogP) is 3.58. The first-order chi connectivity index (χ1) is 17.2. The van der Waals surface area contributed by atoms with E-state index in [1.54, 1.807) is 6.92 Å². The summed E-state index contributed by atoms with van der Waals surface area (Å²) >= 11 is 0. The zero-order valence-electron chi connectivity index (χ0n) is 24.5. The summed E-state index contributed by atoms with van der Waals surface area (Å²) < 4.78 is 18.3. The van der Waals surface area contributed by atoms with Gasteiger partial charge in [0.1, 0.15) is 12.2 Å². The molecule has 8 heteroatoms. The van der Waals surface area contributed by atoms with Crippen molar-refractivity contribution in [2.24, 2.45) is 29.6 Å². The zero-order chi connectivity index (χ0) is 28.2. The van der Waals surface area contributed by atoms with Crippen molar-refractivity contribution >= 4 is 11.8 Å². The number of cyclic esters (lactones) is 1. The van der Waals surface area contributed by atoms with Crippen LogP contribution in [0, 0.1) is 29.6 Å². The summed E-state index contributed by atoms with van der Waals surface area (Å²) in [5.74, 6) is -2.22. The van der Waals surface area contributed by atoms with Crippen LogP contribution in [0.1, 0.15) is 74.7 Å². The second-order valence-electron chi connectivity index (χ2n) is 11.9. The number of likely N-dealkylation sites (N-methyl/N-ethyl adjacent to an activating group) is 1. The molecule has 214 valence electrons. The lowest BCUT2D eigenvalue weighted by molar-refractivity contribution is -0.283. The number of carbonyl (C=O) groups is 2. The highest BCUT2D eigenvalue weighted by atomic mass is 16.7. The third kappa shape index (κ3) is 7.85. The maximum Gasteiger partial charge on any atom is 0.311 e. The van der Waals surface area contributed by atoms with Crippen LogP contribution in [-0.4, -0.2) is 83.8 Å². The third-order valence-corrected chi connectivity index (χ3v) is 8.40. The van der Waals surface area contributed by atoms with E-state index in [9.17, 15) is 19.8 Å². The van der Waals surface area contributed by atoms with E-state index in [2.05, 4.69) is 0 Å². The quantitative estimate of drug-likeness (QED) is 0.537. The lowest BCUT2D eigenvalue weighted by atomic mass is 9.79. The normalized spacial score (nSPS) is 43.2. The van der Waals surface area contributed by atoms with Crippen LogP contribution < -0.4 is 0 Å². The van der Waals surface area contributed by atoms with E-state index >= 15 is 0 Å². The number of hydrogen-bond donors (Lipinski definition) is 2. The number of Topliss-reactive ketones (excluding diaryl/α,β-unsaturated/α-hetero) is 1. The van der Waals surface area contributed by atoms with Gasteiger partial charge in [0.05, 0.1) is 24.2 Å². The smallest absolute Gasteiger partial charge is 0.311 e. The Labute approximate surface area is 223 Å². The molecule has 0 aromatic rings. The highest BCUT2D eigenvalue weighted by Gasteiger charge is 2.43. The Hall–Kier alpha value is -1.32. The first-order valence-corrected chi connectivity index (χ1v) is 14.0. The number of esters is 1. The molecule has 0 spiro atoms. The van der Waals surface area contributed by atoms with Crippen molar-refractivity contribution in [1.29, 1.82) is 0 Å². The molecule has 4 unspecified atom stereocenters. The molecule has 0 saturated carbocycles. The van der Waals surface area contributed by atoms with E-state index in [0.717, 1.165) is 0 Å². The number of hydrogen-bond acceptors (Lipinski definition) is 8. The third-order valence-electron chi connectivity index (χ3n) is 8.40. The fourth-order valence-corrected chi connectivity index (χ4v) is 5.97. The molecule has 0 aromatic heterocycles. The standard InChI is InChI=1S/C29H51NO7/c1-11-23-15(2)12-16(3)24(31)17(4)13-18(5)27(20(7)25(32)21(8)28(34)36-23)37-29-26(33)22(30(9)10)14-19(6)35-29/h12,15,17-23,25-27,29,32-33H,11,13-14H2,1-10H3/t15-,17-,18+,19?,20+,21-,22?,23-,25+,26?,27+,29?/m1/s1. The summed E-state index contributed by atoms with van der Waals surface area (Å²) in [6, 6.07) is -0.141. The molecule has 8 nitrogen and oxygen atoms in total. The Morgan fingerprint density at radius 1 is 1.03 bits per heavy atom. The number of carbonyl (C=O) groups excluding carboxylic acids is 2. The van der Waals surface area contributed by atoms with Gasteiger partial charge in [0.25, 0.3) is 0 Å². The molecule has 0 radical (unpaired) electrons. The highest BCUT2D eigenvalue weighted by Crippen LogP contribution is 2.34. The molecule has 2 heterocycles. The van der Waals surface area contributed by atoms with Crippen LogP contribution >= 0.6 is 0 Å². The van der Waals surface area contributed by atoms with E-state index in [-0.39, 0.29) is 41.8 Å². The fourth-order valence-electron chi connectivity index (χ4n) is 5.97. The first kappa shape index (κ1) is 31.9. The lowest BCUT2D eigenvalue weighted by Gasteiger charge is -2.44. The molecule has 2 rings (SSSR count). The molecule has 1 fully saturated rings. The zero-order valence-corrected chi connectivity index (χ0v) is 24.5. The molecular weight excluding hydrogens is 474 g/mol. The second kappa shape index (κ2) is 13.7. The van der Waals surface area contributed by atoms with Gasteiger partial charge in [-0.05, 0) is 65.6 Å². The SMILES string of the molecule is CC[C@H]1OC(=O)[C@H](C)[C@@H](O)[C@H](C)[C@@H](OC2OC(C)CC(N(C)C)C2O)[C@@H](C)C[C@@H](C)C(=O)C(C)=C[C@H]1C. The van der Waals surface area contributed by atoms with Crippen LogP contribution in [0.25, 0.3) is 0 Å². The van der Waals surface area contributed by atoms with Gasteiger partial charge in [-0.2, -0.15) is 0 Å². The van der Waals surface area contributed by atoms with E-state index < -0.39 is 42.4 Å². The average Bonchev–Trinajstić information content (AvgIpc) is 2.84. The van der Waals surface area contributed by atoms with E-state index in [4.69, 9.17) is 14.2 Å². The number of allylic oxidation sites excluding steroid dienone is 1. The van der Waals surface area contributed by atoms with Gasteiger partial charge in [-0.25, -0.2) is 0 Å². The van der Waals surface area contributed by atoms with Crippen LogP contribution in [0.15, 0.2) is 11.6 Å². The van der Waals surface area contributed by atoms with Crippen molar-refractivity contribution in [3.05, 3.63) is 11.6 Å². The molecule has 12 atom stereocenters. The number of ether oxygens (including phenoxy) is 3. The van der Waals surface area contributed by atoms with Gasteiger partial charge >= 0.3 is 5.97 Å². The molecule has 1 saturated heterocycles. The summed E-state index contributed by atoms with van der Waals surface area (Å²) in [5.41, 5.74) is 0.658. The number of aliphatic hydroxyl groups is 2. The predicted molar refractivity (Wildman–Crippen MR) is 143 cm³/mol. The molecule has 0 bridgehead atoms. The molecule has 0 aromatic carbocycles. The van der Waals surface area contributed by atoms with Gasteiger partial charge in [-0.3, -0.25) is 9.59 Å². The average molecular weight is 526 g/mol. The van der Waals surface area contributed by atoms with Crippen LogP contribution in [-0.2, 0) is 23.8 Å². The van der Waals surface area contributed by atoms with Gasteiger partial charge in [-0.1, -0.05) is 40.7 Å². The maximum atomic E-state index is 13.2. The van der Waals surface area contributed by atoms with Gasteiger partial charge < -0.3 is 29.3 Å². The van der Waals surface area contributed by atoms with Gasteiger partial charge in [0.15, 0.2) is 12.1 Å². The minimum atomic E-state index is -1.04. The van der Waals surface area contributed by atoms with Gasteiger partial charge in [0.2, 0.25) is 0 Å². The first-order valence-electron chi connectivity index (χ1n) is 14.0. The van der Waals surface area contributed by atoms with Gasteiger partial charge in [0, 0.05) is 23.8 Å². The molecule has 2 aliphatic heterocycles. The fraction of sp³-hybridized carbons (Fsp3) is 0.862. The second-order valence-corrected chi connectivity index (χ2v) is 11.9. The number of ketones is 1. The Morgan fingerprint density at radius 3 is 2.22 bits per heavy atom. The van der Waals surface area contributed by atoms with Crippen LogP contribution in [0.4, 0.5) is 0 Å². The Morgan fingerprint density at radius 2 is 1.65 bits per heavy atom. The molecule has 0 aliphatic carbocycles. The molecular formula is C29H51NO7. The lowest BCUT2D eigenvalue weighted by Crippen LogP contribution is -2.56. The minimum Gasteiger partial charge on any atom is -0.461 e. The topological polar surface area (TPSA) is 106 Å². The van der Waals surface area contributed by atoms with Crippen molar-refractivity contribution in [1.82, 2.24) is 4.90 Å². The van der Waals surface area contributed by atoms with Crippen molar-refractivity contribution in [3.63, 3.8) is 0 Å². The summed E-state index contributed by atoms with van der Waals surface area (Å²) in [4.78, 5) is 28.3. The van der Waals surface area contributed by atoms with E-state index in [1.807, 2.05) is 73.5 Å². The van der Waals surface area contributed by atoms with Crippen molar-refractivity contribution < 1.29 is 34.0 Å². The van der Waals surface area contributed by atoms with E-state index in [0.29, 0.717) is 24.8 Å². The number of nitrogens with zero attached hydrogens (tertiary/aromatic N) is 1. The van der Waals surface area contributed by atoms with Crippen LogP contribution in [0.5, 0.6) is 0 Å². The Kier molecular flexibility index (Phi) is 11.8. The number of rotatable bonds is 4.